The molecule has 0 spiro atoms. The fourth-order valence-corrected chi connectivity index (χ4v) is 2.68. The van der Waals surface area contributed by atoms with Gasteiger partial charge in [0.1, 0.15) is 5.75 Å². The number of amides is 2. The molecule has 2 aromatic carbocycles. The summed E-state index contributed by atoms with van der Waals surface area (Å²) in [4.78, 5) is 25.7. The van der Waals surface area contributed by atoms with Gasteiger partial charge in [-0.25, -0.2) is 0 Å². The predicted octanol–water partition coefficient (Wildman–Crippen LogP) is 2.42. The summed E-state index contributed by atoms with van der Waals surface area (Å²) in [6.07, 6.45) is 0.283. The lowest BCUT2D eigenvalue weighted by Gasteiger charge is -2.29. The Morgan fingerprint density at radius 2 is 1.92 bits per heavy atom. The summed E-state index contributed by atoms with van der Waals surface area (Å²) < 4.78 is 5.39. The molecule has 0 bridgehead atoms. The van der Waals surface area contributed by atoms with Crippen LogP contribution in [0, 0.1) is 0 Å². The zero-order valence-corrected chi connectivity index (χ0v) is 13.8. The number of halogens is 1. The normalized spacial score (nSPS) is 13.2. The second-order valence-electron chi connectivity index (χ2n) is 5.45. The van der Waals surface area contributed by atoms with Crippen molar-refractivity contribution in [3.63, 3.8) is 0 Å². The lowest BCUT2D eigenvalue weighted by molar-refractivity contribution is -0.122. The number of carbonyl (C=O) groups is 2. The number of hydrogen-bond acceptors (Lipinski definition) is 3. The molecule has 0 saturated heterocycles. The van der Waals surface area contributed by atoms with Gasteiger partial charge in [-0.15, -0.1) is 0 Å². The van der Waals surface area contributed by atoms with Gasteiger partial charge in [0.05, 0.1) is 12.1 Å². The number of carbonyl (C=O) groups excluding carboxylic acids is 2. The molecule has 1 N–H and O–H groups in total. The van der Waals surface area contributed by atoms with E-state index in [2.05, 4.69) is 5.32 Å². The van der Waals surface area contributed by atoms with Crippen LogP contribution in [0.3, 0.4) is 0 Å². The second kappa shape index (κ2) is 7.36. The first-order valence-corrected chi connectivity index (χ1v) is 8.04. The number of nitrogens with one attached hydrogen (secondary N) is 1. The maximum atomic E-state index is 12.0. The number of para-hydroxylation sites is 2. The molecule has 2 aromatic rings. The summed E-state index contributed by atoms with van der Waals surface area (Å²) in [6.45, 7) is 0.813. The zero-order valence-electron chi connectivity index (χ0n) is 13.0. The van der Waals surface area contributed by atoms with E-state index in [9.17, 15) is 9.59 Å². The highest BCUT2D eigenvalue weighted by atomic mass is 35.5. The third-order valence-electron chi connectivity index (χ3n) is 3.74. The molecule has 3 rings (SSSR count). The highest BCUT2D eigenvalue weighted by molar-refractivity contribution is 6.30. The average Bonchev–Trinajstić information content (AvgIpc) is 2.59. The molecule has 0 atom stereocenters. The first-order valence-electron chi connectivity index (χ1n) is 7.67. The minimum Gasteiger partial charge on any atom is -0.482 e. The Hall–Kier alpha value is -2.53. The Bertz CT molecular complexity index is 746. The number of benzene rings is 2. The first kappa shape index (κ1) is 16.3. The van der Waals surface area contributed by atoms with Crippen LogP contribution in [-0.4, -0.2) is 31.5 Å². The summed E-state index contributed by atoms with van der Waals surface area (Å²) in [6, 6.07) is 14.5. The number of fused-ring (bicyclic) bond motifs is 1. The van der Waals surface area contributed by atoms with Crippen molar-refractivity contribution in [1.29, 1.82) is 0 Å². The number of nitrogens with zero attached hydrogens (tertiary/aromatic N) is 1. The van der Waals surface area contributed by atoms with Crippen LogP contribution in [0.5, 0.6) is 5.75 Å². The quantitative estimate of drug-likeness (QED) is 0.906. The van der Waals surface area contributed by atoms with Crippen LogP contribution >= 0.6 is 11.6 Å². The number of ether oxygens (including phenoxy) is 1. The van der Waals surface area contributed by atoms with Crippen molar-refractivity contribution < 1.29 is 14.3 Å². The van der Waals surface area contributed by atoms with Gasteiger partial charge < -0.3 is 15.0 Å². The van der Waals surface area contributed by atoms with Gasteiger partial charge in [0.15, 0.2) is 6.61 Å². The Labute approximate surface area is 145 Å². The number of anilines is 1. The standard InChI is InChI=1S/C18H17ClN2O3/c19-14-7-5-13(6-8-14)11-17(22)20-9-10-21-15-3-1-2-4-16(15)24-12-18(21)23/h1-8H,9-12H2,(H,20,22). The highest BCUT2D eigenvalue weighted by Gasteiger charge is 2.24. The molecule has 1 aliphatic heterocycles. The van der Waals surface area contributed by atoms with Gasteiger partial charge in [-0.3, -0.25) is 9.59 Å². The van der Waals surface area contributed by atoms with Crippen molar-refractivity contribution in [1.82, 2.24) is 5.32 Å². The predicted molar refractivity (Wildman–Crippen MR) is 92.5 cm³/mol. The van der Waals surface area contributed by atoms with Crippen molar-refractivity contribution in [3.05, 3.63) is 59.1 Å². The summed E-state index contributed by atoms with van der Waals surface area (Å²) in [5.41, 5.74) is 1.63. The molecule has 124 valence electrons. The van der Waals surface area contributed by atoms with Gasteiger partial charge in [-0.1, -0.05) is 35.9 Å². The highest BCUT2D eigenvalue weighted by Crippen LogP contribution is 2.30. The fraction of sp³-hybridized carbons (Fsp3) is 0.222. The topological polar surface area (TPSA) is 58.6 Å². The van der Waals surface area contributed by atoms with Gasteiger partial charge in [0.2, 0.25) is 5.91 Å². The van der Waals surface area contributed by atoms with Gasteiger partial charge >= 0.3 is 0 Å². The molecule has 6 heteroatoms. The maximum Gasteiger partial charge on any atom is 0.265 e. The lowest BCUT2D eigenvalue weighted by atomic mass is 10.1. The number of rotatable bonds is 5. The van der Waals surface area contributed by atoms with E-state index in [1.165, 1.54) is 0 Å². The van der Waals surface area contributed by atoms with Crippen LogP contribution in [0.4, 0.5) is 5.69 Å². The van der Waals surface area contributed by atoms with E-state index < -0.39 is 0 Å². The molecule has 1 aliphatic rings. The molecule has 0 saturated carbocycles. The van der Waals surface area contributed by atoms with Crippen molar-refractivity contribution in [2.45, 2.75) is 6.42 Å². The van der Waals surface area contributed by atoms with Crippen LogP contribution in [-0.2, 0) is 16.0 Å². The smallest absolute Gasteiger partial charge is 0.265 e. The summed E-state index contributed by atoms with van der Waals surface area (Å²) in [5, 5.41) is 3.48. The minimum absolute atomic E-state index is 0.0235. The van der Waals surface area contributed by atoms with Gasteiger partial charge in [0.25, 0.3) is 5.91 Å². The van der Waals surface area contributed by atoms with Crippen molar-refractivity contribution in [2.75, 3.05) is 24.6 Å². The van der Waals surface area contributed by atoms with E-state index in [4.69, 9.17) is 16.3 Å². The van der Waals surface area contributed by atoms with E-state index in [0.717, 1.165) is 11.3 Å². The van der Waals surface area contributed by atoms with Crippen LogP contribution in [0.25, 0.3) is 0 Å². The molecule has 0 aliphatic carbocycles. The Balaban J connectivity index is 1.53. The Morgan fingerprint density at radius 3 is 2.71 bits per heavy atom. The monoisotopic (exact) mass is 344 g/mol. The second-order valence-corrected chi connectivity index (χ2v) is 5.89. The molecular formula is C18H17ClN2O3. The SMILES string of the molecule is O=C(Cc1ccc(Cl)cc1)NCCN1C(=O)COc2ccccc21. The van der Waals surface area contributed by atoms with Crippen LogP contribution < -0.4 is 15.0 Å². The summed E-state index contributed by atoms with van der Waals surface area (Å²) in [5.74, 6) is 0.483. The third kappa shape index (κ3) is 3.86. The molecule has 0 fully saturated rings. The molecule has 0 aromatic heterocycles. The molecule has 2 amide bonds. The van der Waals surface area contributed by atoms with E-state index in [1.807, 2.05) is 36.4 Å². The van der Waals surface area contributed by atoms with Crippen LogP contribution in [0.1, 0.15) is 5.56 Å². The summed E-state index contributed by atoms with van der Waals surface area (Å²) >= 11 is 5.82. The van der Waals surface area contributed by atoms with E-state index in [-0.39, 0.29) is 24.8 Å². The largest absolute Gasteiger partial charge is 0.482 e. The van der Waals surface area contributed by atoms with E-state index in [0.29, 0.717) is 23.9 Å². The van der Waals surface area contributed by atoms with E-state index >= 15 is 0 Å². The van der Waals surface area contributed by atoms with E-state index in [1.54, 1.807) is 17.0 Å². The molecule has 5 nitrogen and oxygen atoms in total. The Morgan fingerprint density at radius 1 is 1.17 bits per heavy atom. The zero-order chi connectivity index (χ0) is 16.9. The number of hydrogen-bond donors (Lipinski definition) is 1. The maximum absolute atomic E-state index is 12.0. The molecule has 0 unspecified atom stereocenters. The molecule has 1 heterocycles. The summed E-state index contributed by atoms with van der Waals surface area (Å²) in [7, 11) is 0. The van der Waals surface area contributed by atoms with Gasteiger partial charge in [-0.2, -0.15) is 0 Å². The van der Waals surface area contributed by atoms with Gasteiger partial charge in [0, 0.05) is 18.1 Å². The molecule has 24 heavy (non-hydrogen) atoms. The van der Waals surface area contributed by atoms with Crippen molar-refractivity contribution in [2.24, 2.45) is 0 Å². The fourth-order valence-electron chi connectivity index (χ4n) is 2.56. The van der Waals surface area contributed by atoms with Gasteiger partial charge in [-0.05, 0) is 29.8 Å². The molecule has 0 radical (unpaired) electrons. The first-order chi connectivity index (χ1) is 11.6. The lowest BCUT2D eigenvalue weighted by Crippen LogP contribution is -2.43. The van der Waals surface area contributed by atoms with Crippen molar-refractivity contribution in [3.8, 4) is 5.75 Å². The van der Waals surface area contributed by atoms with Crippen LogP contribution in [0.15, 0.2) is 48.5 Å². The minimum atomic E-state index is -0.111. The third-order valence-corrected chi connectivity index (χ3v) is 4.00. The van der Waals surface area contributed by atoms with Crippen molar-refractivity contribution >= 4 is 29.1 Å². The molecular weight excluding hydrogens is 328 g/mol. The van der Waals surface area contributed by atoms with Crippen LogP contribution in [0.2, 0.25) is 5.02 Å². The Kier molecular flexibility index (Phi) is 5.01. The average molecular weight is 345 g/mol.